The maximum absolute atomic E-state index is 11.9. The van der Waals surface area contributed by atoms with E-state index in [-0.39, 0.29) is 17.9 Å². The van der Waals surface area contributed by atoms with E-state index in [0.29, 0.717) is 12.2 Å². The molecule has 0 aromatic carbocycles. The van der Waals surface area contributed by atoms with E-state index >= 15 is 0 Å². The van der Waals surface area contributed by atoms with Gasteiger partial charge in [0, 0.05) is 24.4 Å². The summed E-state index contributed by atoms with van der Waals surface area (Å²) in [5.74, 6) is 0.201. The van der Waals surface area contributed by atoms with Gasteiger partial charge in [-0.1, -0.05) is 0 Å². The predicted octanol–water partition coefficient (Wildman–Crippen LogP) is 0.986. The summed E-state index contributed by atoms with van der Waals surface area (Å²) in [6.45, 7) is 3.15. The van der Waals surface area contributed by atoms with Crippen molar-refractivity contribution in [1.29, 1.82) is 0 Å². The molecule has 1 fully saturated rings. The minimum Gasteiger partial charge on any atom is -0.393 e. The van der Waals surface area contributed by atoms with Crippen LogP contribution in [0.4, 0.5) is 0 Å². The molecule has 0 radical (unpaired) electrons. The van der Waals surface area contributed by atoms with E-state index in [9.17, 15) is 9.90 Å². The number of rotatable bonds is 2. The Morgan fingerprint density at radius 1 is 1.80 bits per heavy atom. The molecule has 2 heterocycles. The van der Waals surface area contributed by atoms with E-state index in [1.807, 2.05) is 0 Å². The van der Waals surface area contributed by atoms with Gasteiger partial charge in [-0.15, -0.1) is 11.3 Å². The Morgan fingerprint density at radius 2 is 2.60 bits per heavy atom. The molecule has 15 heavy (non-hydrogen) atoms. The Hall–Kier alpha value is -0.940. The first-order valence-electron chi connectivity index (χ1n) is 5.04. The number of carbonyl (C=O) groups excluding carboxylic acids is 1. The van der Waals surface area contributed by atoms with Crippen LogP contribution in [0.3, 0.4) is 0 Å². The number of amides is 1. The molecule has 1 amide bonds. The van der Waals surface area contributed by atoms with Gasteiger partial charge in [-0.3, -0.25) is 4.79 Å². The molecule has 5 heteroatoms. The minimum atomic E-state index is -0.335. The fourth-order valence-corrected chi connectivity index (χ4v) is 2.37. The van der Waals surface area contributed by atoms with Crippen LogP contribution in [-0.2, 0) is 0 Å². The molecule has 1 aliphatic heterocycles. The van der Waals surface area contributed by atoms with Crippen molar-refractivity contribution in [3.8, 4) is 0 Å². The van der Waals surface area contributed by atoms with Gasteiger partial charge in [0.1, 0.15) is 5.69 Å². The zero-order valence-corrected chi connectivity index (χ0v) is 9.41. The Labute approximate surface area is 92.6 Å². The fraction of sp³-hybridized carbons (Fsp3) is 0.600. The summed E-state index contributed by atoms with van der Waals surface area (Å²) in [4.78, 5) is 17.6. The van der Waals surface area contributed by atoms with Crippen LogP contribution in [0.15, 0.2) is 10.9 Å². The van der Waals surface area contributed by atoms with E-state index < -0.39 is 0 Å². The van der Waals surface area contributed by atoms with Crippen LogP contribution in [0, 0.1) is 5.92 Å². The second-order valence-electron chi connectivity index (χ2n) is 3.91. The van der Waals surface area contributed by atoms with Gasteiger partial charge in [-0.2, -0.15) is 0 Å². The third kappa shape index (κ3) is 2.18. The fourth-order valence-electron chi connectivity index (χ4n) is 1.85. The van der Waals surface area contributed by atoms with Gasteiger partial charge in [0.25, 0.3) is 5.91 Å². The van der Waals surface area contributed by atoms with E-state index in [2.05, 4.69) is 4.98 Å². The van der Waals surface area contributed by atoms with Gasteiger partial charge < -0.3 is 10.0 Å². The van der Waals surface area contributed by atoms with Crippen molar-refractivity contribution in [2.75, 3.05) is 13.1 Å². The minimum absolute atomic E-state index is 0.0144. The Balaban J connectivity index is 1.99. The SMILES string of the molecule is CC(O)C1CCN(C(=O)c2cscn2)C1. The average Bonchev–Trinajstić information content (AvgIpc) is 2.88. The van der Waals surface area contributed by atoms with Gasteiger partial charge in [-0.25, -0.2) is 4.98 Å². The van der Waals surface area contributed by atoms with Crippen LogP contribution in [0.2, 0.25) is 0 Å². The lowest BCUT2D eigenvalue weighted by molar-refractivity contribution is 0.0757. The van der Waals surface area contributed by atoms with Crippen molar-refractivity contribution in [1.82, 2.24) is 9.88 Å². The summed E-state index contributed by atoms with van der Waals surface area (Å²) in [6, 6.07) is 0. The normalized spacial score (nSPS) is 23.1. The molecule has 0 bridgehead atoms. The predicted molar refractivity (Wildman–Crippen MR) is 57.8 cm³/mol. The third-order valence-corrected chi connectivity index (χ3v) is 3.43. The molecule has 82 valence electrons. The summed E-state index contributed by atoms with van der Waals surface area (Å²) in [5.41, 5.74) is 2.18. The summed E-state index contributed by atoms with van der Waals surface area (Å²) >= 11 is 1.43. The molecular weight excluding hydrogens is 212 g/mol. The standard InChI is InChI=1S/C10H14N2O2S/c1-7(13)8-2-3-12(4-8)10(14)9-5-15-6-11-9/h5-8,13H,2-4H2,1H3. The first-order chi connectivity index (χ1) is 7.18. The molecular formula is C10H14N2O2S. The number of aliphatic hydroxyl groups excluding tert-OH is 1. The number of aliphatic hydroxyl groups is 1. The zero-order valence-electron chi connectivity index (χ0n) is 8.59. The number of carbonyl (C=O) groups is 1. The molecule has 2 unspecified atom stereocenters. The maximum atomic E-state index is 11.9. The van der Waals surface area contributed by atoms with Crippen LogP contribution in [0.5, 0.6) is 0 Å². The van der Waals surface area contributed by atoms with Crippen LogP contribution >= 0.6 is 11.3 Å². The quantitative estimate of drug-likeness (QED) is 0.818. The van der Waals surface area contributed by atoms with Crippen LogP contribution in [0.1, 0.15) is 23.8 Å². The van der Waals surface area contributed by atoms with Crippen molar-refractivity contribution >= 4 is 17.2 Å². The zero-order chi connectivity index (χ0) is 10.8. The molecule has 0 spiro atoms. The largest absolute Gasteiger partial charge is 0.393 e. The molecule has 2 atom stereocenters. The van der Waals surface area contributed by atoms with Crippen molar-refractivity contribution in [2.24, 2.45) is 5.92 Å². The lowest BCUT2D eigenvalue weighted by atomic mass is 10.0. The smallest absolute Gasteiger partial charge is 0.273 e. The number of aromatic nitrogens is 1. The first-order valence-corrected chi connectivity index (χ1v) is 5.98. The van der Waals surface area contributed by atoms with E-state index in [0.717, 1.165) is 13.0 Å². The molecule has 1 aromatic rings. The molecule has 1 aromatic heterocycles. The van der Waals surface area contributed by atoms with Crippen molar-refractivity contribution in [2.45, 2.75) is 19.4 Å². The molecule has 0 saturated carbocycles. The monoisotopic (exact) mass is 226 g/mol. The molecule has 1 saturated heterocycles. The second kappa shape index (κ2) is 4.28. The lowest BCUT2D eigenvalue weighted by Gasteiger charge is -2.16. The Morgan fingerprint density at radius 3 is 3.13 bits per heavy atom. The summed E-state index contributed by atoms with van der Waals surface area (Å²) < 4.78 is 0. The Bertz CT molecular complexity index is 337. The van der Waals surface area contributed by atoms with Gasteiger partial charge in [0.15, 0.2) is 0 Å². The lowest BCUT2D eigenvalue weighted by Crippen LogP contribution is -2.30. The average molecular weight is 226 g/mol. The third-order valence-electron chi connectivity index (χ3n) is 2.85. The van der Waals surface area contributed by atoms with Crippen LogP contribution in [0.25, 0.3) is 0 Å². The molecule has 0 aliphatic carbocycles. The topological polar surface area (TPSA) is 53.4 Å². The summed E-state index contributed by atoms with van der Waals surface area (Å²) in [7, 11) is 0. The molecule has 4 nitrogen and oxygen atoms in total. The number of hydrogen-bond acceptors (Lipinski definition) is 4. The van der Waals surface area contributed by atoms with Crippen molar-refractivity contribution < 1.29 is 9.90 Å². The summed E-state index contributed by atoms with van der Waals surface area (Å²) in [6.07, 6.45) is 0.548. The van der Waals surface area contributed by atoms with E-state index in [1.165, 1.54) is 11.3 Å². The first kappa shape index (κ1) is 10.6. The van der Waals surface area contributed by atoms with Crippen LogP contribution in [-0.4, -0.2) is 40.1 Å². The highest BCUT2D eigenvalue weighted by molar-refractivity contribution is 7.07. The number of nitrogens with zero attached hydrogens (tertiary/aromatic N) is 2. The van der Waals surface area contributed by atoms with Gasteiger partial charge in [0.2, 0.25) is 0 Å². The highest BCUT2D eigenvalue weighted by atomic mass is 32.1. The van der Waals surface area contributed by atoms with Crippen molar-refractivity contribution in [3.05, 3.63) is 16.6 Å². The molecule has 1 N–H and O–H groups in total. The van der Waals surface area contributed by atoms with Crippen LogP contribution < -0.4 is 0 Å². The molecule has 1 aliphatic rings. The second-order valence-corrected chi connectivity index (χ2v) is 4.63. The van der Waals surface area contributed by atoms with Gasteiger partial charge in [0.05, 0.1) is 11.6 Å². The van der Waals surface area contributed by atoms with E-state index in [1.54, 1.807) is 22.7 Å². The number of hydrogen-bond donors (Lipinski definition) is 1. The number of thiazole rings is 1. The number of likely N-dealkylation sites (tertiary alicyclic amines) is 1. The van der Waals surface area contributed by atoms with Gasteiger partial charge >= 0.3 is 0 Å². The molecule has 2 rings (SSSR count). The van der Waals surface area contributed by atoms with Gasteiger partial charge in [-0.05, 0) is 13.3 Å². The summed E-state index contributed by atoms with van der Waals surface area (Å²) in [5, 5.41) is 11.2. The maximum Gasteiger partial charge on any atom is 0.273 e. The Kier molecular flexibility index (Phi) is 3.02. The van der Waals surface area contributed by atoms with E-state index in [4.69, 9.17) is 0 Å². The highest BCUT2D eigenvalue weighted by Gasteiger charge is 2.30. The van der Waals surface area contributed by atoms with Crippen molar-refractivity contribution in [3.63, 3.8) is 0 Å². The highest BCUT2D eigenvalue weighted by Crippen LogP contribution is 2.21.